The third-order valence-electron chi connectivity index (χ3n) is 1.28. The van der Waals surface area contributed by atoms with Gasteiger partial charge in [-0.25, -0.2) is 0 Å². The fourth-order valence-corrected chi connectivity index (χ4v) is 0.865. The van der Waals surface area contributed by atoms with Crippen molar-refractivity contribution in [1.29, 1.82) is 0 Å². The summed E-state index contributed by atoms with van der Waals surface area (Å²) < 4.78 is 31.6. The van der Waals surface area contributed by atoms with Crippen molar-refractivity contribution in [2.45, 2.75) is 0 Å². The summed E-state index contributed by atoms with van der Waals surface area (Å²) in [5.41, 5.74) is 0. The minimum absolute atomic E-state index is 0.0842. The molecule has 3 N–H and O–H groups in total. The Bertz CT molecular complexity index is 330. The first-order chi connectivity index (χ1) is 6.68. The topological polar surface area (TPSA) is 118 Å². The molecular formula is C6H12N2O6S. The number of aliphatic carboxylic acids is 1. The van der Waals surface area contributed by atoms with E-state index in [1.807, 2.05) is 18.1 Å². The number of rotatable bonds is 2. The van der Waals surface area contributed by atoms with Gasteiger partial charge in [0.1, 0.15) is 6.54 Å². The Morgan fingerprint density at radius 2 is 1.87 bits per heavy atom. The Kier molecular flexibility index (Phi) is 5.05. The quantitative estimate of drug-likeness (QED) is 0.531. The van der Waals surface area contributed by atoms with Crippen LogP contribution in [0.5, 0.6) is 0 Å². The fourth-order valence-electron chi connectivity index (χ4n) is 0.865. The van der Waals surface area contributed by atoms with Crippen LogP contribution in [0.2, 0.25) is 0 Å². The largest absolute Gasteiger partial charge is 0.480 e. The zero-order valence-electron chi connectivity index (χ0n) is 7.94. The summed E-state index contributed by atoms with van der Waals surface area (Å²) in [4.78, 5) is 13.8. The molecule has 88 valence electrons. The van der Waals surface area contributed by atoms with E-state index in [0.717, 1.165) is 0 Å². The molecule has 0 aromatic heterocycles. The van der Waals surface area contributed by atoms with E-state index in [2.05, 4.69) is 0 Å². The van der Waals surface area contributed by atoms with Gasteiger partial charge in [0.05, 0.1) is 6.67 Å². The summed E-state index contributed by atoms with van der Waals surface area (Å²) in [6.45, 7) is 0.757. The molecule has 0 saturated carbocycles. The van der Waals surface area contributed by atoms with Crippen molar-refractivity contribution in [3.8, 4) is 0 Å². The number of carboxylic acids is 1. The molecule has 0 fully saturated rings. The van der Waals surface area contributed by atoms with E-state index in [-0.39, 0.29) is 6.54 Å². The van der Waals surface area contributed by atoms with E-state index < -0.39 is 16.4 Å². The number of hydrogen-bond acceptors (Lipinski definition) is 5. The van der Waals surface area contributed by atoms with E-state index >= 15 is 0 Å². The Labute approximate surface area is 87.0 Å². The predicted octanol–water partition coefficient (Wildman–Crippen LogP) is -0.906. The average Bonchev–Trinajstić information content (AvgIpc) is 2.29. The van der Waals surface area contributed by atoms with E-state index in [4.69, 9.17) is 22.6 Å². The summed E-state index contributed by atoms with van der Waals surface area (Å²) in [6, 6.07) is 0. The van der Waals surface area contributed by atoms with Gasteiger partial charge in [-0.05, 0) is 0 Å². The highest BCUT2D eigenvalue weighted by Gasteiger charge is 2.10. The van der Waals surface area contributed by atoms with Gasteiger partial charge in [-0.1, -0.05) is 0 Å². The summed E-state index contributed by atoms with van der Waals surface area (Å²) in [5, 5.41) is 8.37. The molecular weight excluding hydrogens is 228 g/mol. The number of carbonyl (C=O) groups is 1. The molecule has 8 nitrogen and oxygen atoms in total. The van der Waals surface area contributed by atoms with E-state index in [0.29, 0.717) is 6.67 Å². The highest BCUT2D eigenvalue weighted by atomic mass is 32.3. The van der Waals surface area contributed by atoms with Crippen LogP contribution >= 0.6 is 0 Å². The van der Waals surface area contributed by atoms with Gasteiger partial charge < -0.3 is 14.9 Å². The van der Waals surface area contributed by atoms with Crippen LogP contribution in [0.4, 0.5) is 0 Å². The van der Waals surface area contributed by atoms with Gasteiger partial charge >= 0.3 is 16.4 Å². The lowest BCUT2D eigenvalue weighted by Crippen LogP contribution is -2.27. The Balaban J connectivity index is 0.000000336. The standard InChI is InChI=1S/C6H10N2O2.H2O4S/c1-7-2-3-8(5-7)4-6(9)10;1-5(2,3)4/h2-3H,4-5H2,1H3,(H,9,10);(H2,1,2,3,4). The molecule has 1 rings (SSSR count). The fraction of sp³-hybridized carbons (Fsp3) is 0.500. The van der Waals surface area contributed by atoms with Gasteiger partial charge in [0.15, 0.2) is 0 Å². The van der Waals surface area contributed by atoms with Gasteiger partial charge in [0.2, 0.25) is 0 Å². The lowest BCUT2D eigenvalue weighted by molar-refractivity contribution is -0.137. The molecule has 0 aromatic rings. The number of nitrogens with zero attached hydrogens (tertiary/aromatic N) is 2. The summed E-state index contributed by atoms with van der Waals surface area (Å²) in [5.74, 6) is -0.792. The molecule has 9 heteroatoms. The van der Waals surface area contributed by atoms with Crippen LogP contribution in [0.1, 0.15) is 0 Å². The summed E-state index contributed by atoms with van der Waals surface area (Å²) in [6.07, 6.45) is 3.62. The normalized spacial score (nSPS) is 14.9. The monoisotopic (exact) mass is 240 g/mol. The van der Waals surface area contributed by atoms with Gasteiger partial charge in [0, 0.05) is 19.4 Å². The van der Waals surface area contributed by atoms with E-state index in [9.17, 15) is 4.79 Å². The maximum Gasteiger partial charge on any atom is 0.394 e. The van der Waals surface area contributed by atoms with Gasteiger partial charge in [-0.3, -0.25) is 13.9 Å². The Morgan fingerprint density at radius 1 is 1.40 bits per heavy atom. The molecule has 15 heavy (non-hydrogen) atoms. The number of hydrogen-bond donors (Lipinski definition) is 3. The molecule has 0 amide bonds. The van der Waals surface area contributed by atoms with Crippen LogP contribution in [0.25, 0.3) is 0 Å². The van der Waals surface area contributed by atoms with E-state index in [1.54, 1.807) is 11.1 Å². The smallest absolute Gasteiger partial charge is 0.394 e. The van der Waals surface area contributed by atoms with Crippen molar-refractivity contribution in [3.05, 3.63) is 12.4 Å². The number of carboxylic acid groups (broad SMARTS) is 1. The molecule has 0 aromatic carbocycles. The third-order valence-corrected chi connectivity index (χ3v) is 1.28. The Hall–Kier alpha value is -1.32. The van der Waals surface area contributed by atoms with Crippen molar-refractivity contribution in [3.63, 3.8) is 0 Å². The van der Waals surface area contributed by atoms with Crippen LogP contribution in [0.3, 0.4) is 0 Å². The van der Waals surface area contributed by atoms with Crippen molar-refractivity contribution in [2.24, 2.45) is 0 Å². The zero-order valence-corrected chi connectivity index (χ0v) is 8.75. The predicted molar refractivity (Wildman–Crippen MR) is 50.3 cm³/mol. The van der Waals surface area contributed by atoms with Crippen molar-refractivity contribution in [2.75, 3.05) is 20.3 Å². The minimum atomic E-state index is -4.67. The molecule has 0 saturated heterocycles. The molecule has 0 unspecified atom stereocenters. The van der Waals surface area contributed by atoms with Gasteiger partial charge in [-0.15, -0.1) is 0 Å². The minimum Gasteiger partial charge on any atom is -0.480 e. The molecule has 0 atom stereocenters. The molecule has 1 aliphatic rings. The maximum atomic E-state index is 10.2. The van der Waals surface area contributed by atoms with Crippen molar-refractivity contribution in [1.82, 2.24) is 9.80 Å². The molecule has 0 bridgehead atoms. The lowest BCUT2D eigenvalue weighted by atomic mass is 10.6. The first kappa shape index (κ1) is 13.7. The third kappa shape index (κ3) is 10.6. The highest BCUT2D eigenvalue weighted by Crippen LogP contribution is 2.01. The van der Waals surface area contributed by atoms with Crippen molar-refractivity contribution >= 4 is 16.4 Å². The maximum absolute atomic E-state index is 10.2. The van der Waals surface area contributed by atoms with Gasteiger partial charge in [0.25, 0.3) is 0 Å². The lowest BCUT2D eigenvalue weighted by Gasteiger charge is -2.14. The first-order valence-corrected chi connectivity index (χ1v) is 5.12. The molecule has 1 aliphatic heterocycles. The SMILES string of the molecule is CN1C=CN(CC(=O)O)C1.O=S(=O)(O)O. The molecule has 0 spiro atoms. The van der Waals surface area contributed by atoms with Crippen LogP contribution in [0, 0.1) is 0 Å². The van der Waals surface area contributed by atoms with Crippen LogP contribution in [0.15, 0.2) is 12.4 Å². The highest BCUT2D eigenvalue weighted by molar-refractivity contribution is 7.79. The second-order valence-electron chi connectivity index (χ2n) is 2.79. The van der Waals surface area contributed by atoms with E-state index in [1.165, 1.54) is 0 Å². The average molecular weight is 240 g/mol. The first-order valence-electron chi connectivity index (χ1n) is 3.73. The molecule has 0 aliphatic carbocycles. The second kappa shape index (κ2) is 5.53. The second-order valence-corrected chi connectivity index (χ2v) is 3.68. The summed E-state index contributed by atoms with van der Waals surface area (Å²) >= 11 is 0. The molecule has 0 radical (unpaired) electrons. The van der Waals surface area contributed by atoms with Gasteiger partial charge in [-0.2, -0.15) is 8.42 Å². The van der Waals surface area contributed by atoms with Crippen LogP contribution < -0.4 is 0 Å². The zero-order chi connectivity index (χ0) is 12.1. The summed E-state index contributed by atoms with van der Waals surface area (Å²) in [7, 11) is -2.77. The van der Waals surface area contributed by atoms with Crippen molar-refractivity contribution < 1.29 is 27.4 Å². The van der Waals surface area contributed by atoms with Crippen LogP contribution in [-0.4, -0.2) is 58.7 Å². The molecule has 1 heterocycles. The van der Waals surface area contributed by atoms with Crippen LogP contribution in [-0.2, 0) is 15.2 Å². The Morgan fingerprint density at radius 3 is 2.13 bits per heavy atom.